The summed E-state index contributed by atoms with van der Waals surface area (Å²) in [5.74, 6) is 11.0. The van der Waals surface area contributed by atoms with Crippen LogP contribution in [-0.2, 0) is 24.5 Å². The molecule has 8 nitrogen and oxygen atoms in total. The maximum Gasteiger partial charge on any atom is 0.415 e. The highest BCUT2D eigenvalue weighted by atomic mass is 28.4. The minimum absolute atomic E-state index is 0.0255. The van der Waals surface area contributed by atoms with Crippen molar-refractivity contribution in [2.24, 2.45) is 5.92 Å². The van der Waals surface area contributed by atoms with Crippen LogP contribution >= 0.6 is 0 Å². The van der Waals surface area contributed by atoms with E-state index in [0.717, 1.165) is 0 Å². The summed E-state index contributed by atoms with van der Waals surface area (Å²) in [7, 11) is 0.732. The van der Waals surface area contributed by atoms with Crippen LogP contribution in [-0.4, -0.2) is 63.4 Å². The van der Waals surface area contributed by atoms with Crippen molar-refractivity contribution in [1.82, 2.24) is 0 Å². The Morgan fingerprint density at radius 1 is 1.24 bits per heavy atom. The number of epoxide rings is 1. The molecule has 5 atom stereocenters. The van der Waals surface area contributed by atoms with E-state index in [0.29, 0.717) is 17.0 Å². The van der Waals surface area contributed by atoms with E-state index in [1.54, 1.807) is 18.2 Å². The molecule has 1 N–H and O–H groups in total. The molecule has 41 heavy (non-hydrogen) atoms. The molecule has 0 radical (unpaired) electrons. The van der Waals surface area contributed by atoms with E-state index in [1.165, 1.54) is 25.2 Å². The molecule has 5 rings (SSSR count). The van der Waals surface area contributed by atoms with Gasteiger partial charge in [-0.1, -0.05) is 64.0 Å². The van der Waals surface area contributed by atoms with E-state index < -0.39 is 43.0 Å². The van der Waals surface area contributed by atoms with E-state index in [2.05, 4.69) is 64.1 Å². The minimum atomic E-state index is -2.26. The zero-order valence-electron chi connectivity index (χ0n) is 25.1. The predicted octanol–water partition coefficient (Wildman–Crippen LogP) is 4.88. The molecule has 1 saturated carbocycles. The summed E-state index contributed by atoms with van der Waals surface area (Å²) in [4.78, 5) is 15.2. The molecule has 1 aromatic carbocycles. The van der Waals surface area contributed by atoms with E-state index in [4.69, 9.17) is 23.4 Å². The Bertz CT molecular complexity index is 1440. The summed E-state index contributed by atoms with van der Waals surface area (Å²) in [5, 5.41) is 12.8. The van der Waals surface area contributed by atoms with Gasteiger partial charge in [0.05, 0.1) is 5.69 Å². The summed E-state index contributed by atoms with van der Waals surface area (Å²) in [6, 6.07) is 4.69. The number of carbonyl (C=O) groups excluding carboxylic acids is 1. The average molecular weight is 578 g/mol. The van der Waals surface area contributed by atoms with Crippen LogP contribution in [0.4, 0.5) is 10.5 Å². The molecule has 2 aliphatic heterocycles. The number of benzene rings is 1. The first-order valence-corrected chi connectivity index (χ1v) is 16.7. The molecule has 1 saturated heterocycles. The Morgan fingerprint density at radius 2 is 1.93 bits per heavy atom. The molecule has 1 aromatic rings. The number of hydrogen-bond donors (Lipinski definition) is 1. The fourth-order valence-corrected chi connectivity index (χ4v) is 7.51. The van der Waals surface area contributed by atoms with E-state index >= 15 is 0 Å². The fourth-order valence-electron chi connectivity index (χ4n) is 6.49. The van der Waals surface area contributed by atoms with Gasteiger partial charge in [-0.05, 0) is 54.4 Å². The minimum Gasteiger partial charge on any atom is -0.543 e. The number of methoxy groups -OCH3 is 2. The first kappa shape index (κ1) is 29.4. The number of aliphatic hydroxyl groups is 1. The highest BCUT2D eigenvalue weighted by Crippen LogP contribution is 2.77. The molecule has 218 valence electrons. The van der Waals surface area contributed by atoms with Gasteiger partial charge >= 0.3 is 6.09 Å². The van der Waals surface area contributed by atoms with Gasteiger partial charge in [-0.15, -0.1) is 0 Å². The molecular weight excluding hydrogens is 538 g/mol. The van der Waals surface area contributed by atoms with Gasteiger partial charge in [0.15, 0.2) is 5.60 Å². The van der Waals surface area contributed by atoms with Gasteiger partial charge in [0.1, 0.15) is 24.0 Å². The number of amides is 1. The Labute approximate surface area is 243 Å². The SMILES string of the molecule is C=CCOC(=O)N1c2ccc(O[Si](C)(C)C(C)(C)C)cc2[C@@]23O[C@@]24[C@@H]1C#C/C=C\C#C[C@]3(O)C(OC)(OC)C[C@@H]4C. The summed E-state index contributed by atoms with van der Waals surface area (Å²) >= 11 is 0. The number of anilines is 1. The molecule has 9 heteroatoms. The molecule has 4 aliphatic rings. The van der Waals surface area contributed by atoms with Gasteiger partial charge in [-0.3, -0.25) is 4.90 Å². The van der Waals surface area contributed by atoms with Crippen LogP contribution in [0.15, 0.2) is 43.0 Å². The van der Waals surface area contributed by atoms with Crippen LogP contribution < -0.4 is 9.33 Å². The number of nitrogens with zero attached hydrogens (tertiary/aromatic N) is 1. The first-order chi connectivity index (χ1) is 19.2. The fraction of sp³-hybridized carbons (Fsp3) is 0.531. The van der Waals surface area contributed by atoms with Gasteiger partial charge in [-0.25, -0.2) is 4.79 Å². The Kier molecular flexibility index (Phi) is 6.81. The van der Waals surface area contributed by atoms with Crippen LogP contribution in [0, 0.1) is 29.6 Å². The monoisotopic (exact) mass is 577 g/mol. The number of ether oxygens (including phenoxy) is 4. The van der Waals surface area contributed by atoms with Crippen LogP contribution in [0.3, 0.4) is 0 Å². The van der Waals surface area contributed by atoms with Crippen molar-refractivity contribution in [3.05, 3.63) is 48.6 Å². The third-order valence-corrected chi connectivity index (χ3v) is 13.9. The summed E-state index contributed by atoms with van der Waals surface area (Å²) in [6.45, 7) is 16.5. The number of carbonyl (C=O) groups is 1. The maximum atomic E-state index is 13.7. The molecule has 1 amide bonds. The molecule has 0 aromatic heterocycles. The van der Waals surface area contributed by atoms with Gasteiger partial charge in [0.2, 0.25) is 19.7 Å². The number of hydrogen-bond acceptors (Lipinski definition) is 7. The Morgan fingerprint density at radius 3 is 2.56 bits per heavy atom. The van der Waals surface area contributed by atoms with Crippen molar-refractivity contribution < 1.29 is 33.3 Å². The van der Waals surface area contributed by atoms with E-state index in [1.807, 2.05) is 19.1 Å². The standard InChI is InChI=1S/C32H39NO7Si/c1-10-19-38-27(34)33-25-17-16-23(39-41(8,9)28(3,4)5)20-24(25)32-29(35)18-14-12-11-13-15-26(33)31(32,40-32)22(2)21-30(29,36-6)37-7/h10-12,16-17,20,22,26,35H,1,19,21H2,2-9H3/b12-11-/t22-,26-,29-,31-,32-/m0/s1. The van der Waals surface area contributed by atoms with Crippen molar-refractivity contribution >= 4 is 20.1 Å². The largest absolute Gasteiger partial charge is 0.543 e. The van der Waals surface area contributed by atoms with Crippen molar-refractivity contribution in [3.63, 3.8) is 0 Å². The van der Waals surface area contributed by atoms with Crippen LogP contribution in [0.25, 0.3) is 0 Å². The first-order valence-electron chi connectivity index (χ1n) is 13.8. The summed E-state index contributed by atoms with van der Waals surface area (Å²) in [6.07, 6.45) is 4.29. The van der Waals surface area contributed by atoms with Crippen molar-refractivity contribution in [2.45, 2.75) is 80.9 Å². The number of fused-ring (bicyclic) bond motifs is 1. The molecule has 2 heterocycles. The maximum absolute atomic E-state index is 13.7. The second kappa shape index (κ2) is 9.48. The second-order valence-electron chi connectivity index (χ2n) is 12.6. The van der Waals surface area contributed by atoms with Gasteiger partial charge in [0, 0.05) is 26.2 Å². The molecule has 0 unspecified atom stereocenters. The molecule has 2 aliphatic carbocycles. The van der Waals surface area contributed by atoms with Crippen molar-refractivity contribution in [3.8, 4) is 29.4 Å². The smallest absolute Gasteiger partial charge is 0.415 e. The van der Waals surface area contributed by atoms with E-state index in [-0.39, 0.29) is 24.0 Å². The van der Waals surface area contributed by atoms with Gasteiger partial charge in [0.25, 0.3) is 0 Å². The Balaban J connectivity index is 1.84. The summed E-state index contributed by atoms with van der Waals surface area (Å²) < 4.78 is 31.1. The highest BCUT2D eigenvalue weighted by molar-refractivity contribution is 6.74. The molecule has 2 fully saturated rings. The van der Waals surface area contributed by atoms with Crippen LogP contribution in [0.5, 0.6) is 5.75 Å². The van der Waals surface area contributed by atoms with Crippen molar-refractivity contribution in [2.75, 3.05) is 25.7 Å². The average Bonchev–Trinajstić information content (AvgIpc) is 3.65. The normalized spacial score (nSPS) is 33.0. The summed E-state index contributed by atoms with van der Waals surface area (Å²) in [5.41, 5.74) is -3.58. The molecular formula is C32H39NO7Si. The van der Waals surface area contributed by atoms with Crippen molar-refractivity contribution in [1.29, 1.82) is 0 Å². The second-order valence-corrected chi connectivity index (χ2v) is 17.3. The van der Waals surface area contributed by atoms with Gasteiger partial charge < -0.3 is 28.5 Å². The molecule has 4 bridgehead atoms. The van der Waals surface area contributed by atoms with Crippen LogP contribution in [0.1, 0.15) is 39.7 Å². The lowest BCUT2D eigenvalue weighted by Crippen LogP contribution is -2.73. The zero-order valence-corrected chi connectivity index (χ0v) is 26.1. The van der Waals surface area contributed by atoms with Gasteiger partial charge in [-0.2, -0.15) is 0 Å². The lowest BCUT2D eigenvalue weighted by Gasteiger charge is -2.55. The number of rotatable bonds is 6. The van der Waals surface area contributed by atoms with Crippen LogP contribution in [0.2, 0.25) is 18.1 Å². The Hall–Kier alpha value is -3.05. The highest BCUT2D eigenvalue weighted by Gasteiger charge is 2.93. The lowest BCUT2D eigenvalue weighted by molar-refractivity contribution is -0.316. The zero-order chi connectivity index (χ0) is 30.1. The third kappa shape index (κ3) is 3.73. The quantitative estimate of drug-likeness (QED) is 0.169. The topological polar surface area (TPSA) is 90.0 Å². The molecule has 0 spiro atoms. The lowest BCUT2D eigenvalue weighted by atomic mass is 9.55. The predicted molar refractivity (Wildman–Crippen MR) is 158 cm³/mol. The third-order valence-electron chi connectivity index (χ3n) is 9.55. The van der Waals surface area contributed by atoms with E-state index in [9.17, 15) is 9.90 Å². The number of allylic oxidation sites excluding steroid dienone is 2.